The molecule has 0 saturated carbocycles. The van der Waals surface area contributed by atoms with Crippen LogP contribution >= 0.6 is 0 Å². The highest BCUT2D eigenvalue weighted by atomic mass is 16.5. The molecule has 0 heterocycles. The van der Waals surface area contributed by atoms with Crippen LogP contribution in [0.5, 0.6) is 0 Å². The average Bonchev–Trinajstić information content (AvgIpc) is 2.52. The van der Waals surface area contributed by atoms with Crippen molar-refractivity contribution in [3.63, 3.8) is 0 Å². The van der Waals surface area contributed by atoms with Crippen molar-refractivity contribution in [2.75, 3.05) is 6.54 Å². The molecule has 23 heavy (non-hydrogen) atoms. The highest BCUT2D eigenvalue weighted by Gasteiger charge is 2.43. The van der Waals surface area contributed by atoms with Crippen LogP contribution in [0.4, 0.5) is 4.79 Å². The van der Waals surface area contributed by atoms with E-state index in [-0.39, 0.29) is 19.6 Å². The summed E-state index contributed by atoms with van der Waals surface area (Å²) in [5, 5.41) is 11.6. The number of carboxylic acids is 1. The van der Waals surface area contributed by atoms with Crippen molar-refractivity contribution in [1.29, 1.82) is 0 Å². The van der Waals surface area contributed by atoms with Gasteiger partial charge in [-0.25, -0.2) is 14.4 Å². The topological polar surface area (TPSA) is 145 Å². The fourth-order valence-electron chi connectivity index (χ4n) is 1.89. The molecule has 0 saturated heterocycles. The van der Waals surface area contributed by atoms with Crippen LogP contribution in [0.15, 0.2) is 30.3 Å². The second-order valence-corrected chi connectivity index (χ2v) is 5.09. The van der Waals surface area contributed by atoms with Gasteiger partial charge in [0.25, 0.3) is 0 Å². The number of hydrogen-bond acceptors (Lipinski definition) is 5. The van der Waals surface area contributed by atoms with Gasteiger partial charge in [-0.1, -0.05) is 30.3 Å². The monoisotopic (exact) mass is 323 g/mol. The predicted octanol–water partition coefficient (Wildman–Crippen LogP) is 0.350. The SMILES string of the molecule is NC(=O)NCCCCC(N)(C(=O)O)C(=O)OCc1ccccc1. The Morgan fingerprint density at radius 2 is 1.83 bits per heavy atom. The number of benzene rings is 1. The lowest BCUT2D eigenvalue weighted by Crippen LogP contribution is -2.55. The van der Waals surface area contributed by atoms with E-state index in [1.807, 2.05) is 6.07 Å². The Bertz CT molecular complexity index is 549. The highest BCUT2D eigenvalue weighted by Crippen LogP contribution is 2.15. The van der Waals surface area contributed by atoms with E-state index >= 15 is 0 Å². The summed E-state index contributed by atoms with van der Waals surface area (Å²) >= 11 is 0. The van der Waals surface area contributed by atoms with Gasteiger partial charge in [-0.05, 0) is 24.8 Å². The molecular weight excluding hydrogens is 302 g/mol. The van der Waals surface area contributed by atoms with E-state index < -0.39 is 23.5 Å². The molecule has 0 aliphatic carbocycles. The maximum Gasteiger partial charge on any atom is 0.338 e. The number of aliphatic carboxylic acids is 1. The zero-order valence-corrected chi connectivity index (χ0v) is 12.7. The second-order valence-electron chi connectivity index (χ2n) is 5.09. The summed E-state index contributed by atoms with van der Waals surface area (Å²) in [4.78, 5) is 33.9. The van der Waals surface area contributed by atoms with Gasteiger partial charge < -0.3 is 26.6 Å². The Hall–Kier alpha value is -2.61. The number of hydrogen-bond donors (Lipinski definition) is 4. The first-order valence-corrected chi connectivity index (χ1v) is 7.13. The van der Waals surface area contributed by atoms with Crippen molar-refractivity contribution < 1.29 is 24.2 Å². The molecule has 1 atom stereocenters. The maximum absolute atomic E-state index is 12.0. The molecule has 0 aromatic heterocycles. The molecule has 0 bridgehead atoms. The van der Waals surface area contributed by atoms with E-state index in [2.05, 4.69) is 5.32 Å². The predicted molar refractivity (Wildman–Crippen MR) is 82.2 cm³/mol. The number of nitrogens with two attached hydrogens (primary N) is 2. The molecule has 0 aliphatic rings. The molecule has 1 rings (SSSR count). The number of amides is 2. The number of carboxylic acid groups (broad SMARTS) is 1. The van der Waals surface area contributed by atoms with Crippen LogP contribution in [-0.4, -0.2) is 35.2 Å². The Kier molecular flexibility index (Phi) is 7.01. The molecule has 6 N–H and O–H groups in total. The van der Waals surface area contributed by atoms with Crippen LogP contribution < -0.4 is 16.8 Å². The molecule has 1 unspecified atom stereocenters. The zero-order chi connectivity index (χ0) is 17.3. The highest BCUT2D eigenvalue weighted by molar-refractivity contribution is 6.03. The Morgan fingerprint density at radius 1 is 1.17 bits per heavy atom. The third kappa shape index (κ3) is 5.95. The lowest BCUT2D eigenvalue weighted by Gasteiger charge is -2.22. The Labute approximate surface area is 133 Å². The molecule has 8 heteroatoms. The normalized spacial score (nSPS) is 12.9. The van der Waals surface area contributed by atoms with Gasteiger partial charge in [-0.3, -0.25) is 0 Å². The first-order chi connectivity index (χ1) is 10.9. The number of urea groups is 1. The van der Waals surface area contributed by atoms with Crippen molar-refractivity contribution in [1.82, 2.24) is 5.32 Å². The minimum atomic E-state index is -2.11. The van der Waals surface area contributed by atoms with Crippen molar-refractivity contribution in [2.45, 2.75) is 31.4 Å². The largest absolute Gasteiger partial charge is 0.479 e. The lowest BCUT2D eigenvalue weighted by atomic mass is 9.94. The van der Waals surface area contributed by atoms with E-state index in [1.165, 1.54) is 0 Å². The number of ether oxygens (including phenoxy) is 1. The first-order valence-electron chi connectivity index (χ1n) is 7.13. The average molecular weight is 323 g/mol. The summed E-state index contributed by atoms with van der Waals surface area (Å²) in [7, 11) is 0. The molecule has 1 aromatic carbocycles. The fraction of sp³-hybridized carbons (Fsp3) is 0.400. The van der Waals surface area contributed by atoms with E-state index in [1.54, 1.807) is 24.3 Å². The summed E-state index contributed by atoms with van der Waals surface area (Å²) in [6.45, 7) is 0.235. The van der Waals surface area contributed by atoms with Crippen molar-refractivity contribution >= 4 is 18.0 Å². The van der Waals surface area contributed by atoms with Crippen LogP contribution in [0.3, 0.4) is 0 Å². The molecule has 1 aromatic rings. The van der Waals surface area contributed by atoms with Crippen LogP contribution in [0, 0.1) is 0 Å². The van der Waals surface area contributed by atoms with Gasteiger partial charge in [0.05, 0.1) is 0 Å². The van der Waals surface area contributed by atoms with Crippen LogP contribution in [0.1, 0.15) is 24.8 Å². The van der Waals surface area contributed by atoms with Crippen LogP contribution in [-0.2, 0) is 20.9 Å². The Balaban J connectivity index is 2.52. The molecule has 0 radical (unpaired) electrons. The Morgan fingerprint density at radius 3 is 2.39 bits per heavy atom. The minimum Gasteiger partial charge on any atom is -0.479 e. The fourth-order valence-corrected chi connectivity index (χ4v) is 1.89. The molecule has 0 fully saturated rings. The molecular formula is C15H21N3O5. The summed E-state index contributed by atoms with van der Waals surface area (Å²) in [5.41, 5.74) is 9.24. The van der Waals surface area contributed by atoms with Crippen molar-refractivity contribution in [2.24, 2.45) is 11.5 Å². The van der Waals surface area contributed by atoms with Gasteiger partial charge in [0.1, 0.15) is 6.61 Å². The van der Waals surface area contributed by atoms with Gasteiger partial charge in [0, 0.05) is 6.54 Å². The number of unbranched alkanes of at least 4 members (excludes halogenated alkanes) is 1. The number of rotatable bonds is 9. The number of nitrogens with one attached hydrogen (secondary N) is 1. The van der Waals surface area contributed by atoms with Crippen molar-refractivity contribution in [3.8, 4) is 0 Å². The minimum absolute atomic E-state index is 0.0465. The quantitative estimate of drug-likeness (QED) is 0.293. The third-order valence-corrected chi connectivity index (χ3v) is 3.26. The van der Waals surface area contributed by atoms with Gasteiger partial charge >= 0.3 is 18.0 Å². The second kappa shape index (κ2) is 8.74. The lowest BCUT2D eigenvalue weighted by molar-refractivity contribution is -0.162. The van der Waals surface area contributed by atoms with Crippen LogP contribution in [0.25, 0.3) is 0 Å². The summed E-state index contributed by atoms with van der Waals surface area (Å²) in [5.74, 6) is -2.44. The standard InChI is InChI=1S/C15H21N3O5/c16-14(22)18-9-5-4-8-15(17,12(19)20)13(21)23-10-11-6-2-1-3-7-11/h1-3,6-7H,4-5,8-10,17H2,(H,19,20)(H3,16,18,22). The number of carbonyl (C=O) groups is 3. The molecule has 8 nitrogen and oxygen atoms in total. The maximum atomic E-state index is 12.0. The third-order valence-electron chi connectivity index (χ3n) is 3.26. The smallest absolute Gasteiger partial charge is 0.338 e. The van der Waals surface area contributed by atoms with Crippen molar-refractivity contribution in [3.05, 3.63) is 35.9 Å². The van der Waals surface area contributed by atoms with Gasteiger partial charge in [-0.15, -0.1) is 0 Å². The number of carbonyl (C=O) groups excluding carboxylic acids is 2. The van der Waals surface area contributed by atoms with E-state index in [0.29, 0.717) is 12.8 Å². The molecule has 126 valence electrons. The van der Waals surface area contributed by atoms with Gasteiger partial charge in [0.15, 0.2) is 0 Å². The van der Waals surface area contributed by atoms with Crippen LogP contribution in [0.2, 0.25) is 0 Å². The van der Waals surface area contributed by atoms with Gasteiger partial charge in [0.2, 0.25) is 5.54 Å². The van der Waals surface area contributed by atoms with E-state index in [4.69, 9.17) is 16.2 Å². The number of esters is 1. The first kappa shape index (κ1) is 18.4. The van der Waals surface area contributed by atoms with Gasteiger partial charge in [-0.2, -0.15) is 0 Å². The summed E-state index contributed by atoms with van der Waals surface area (Å²) in [6.07, 6.45) is 0.668. The summed E-state index contributed by atoms with van der Waals surface area (Å²) in [6, 6.07) is 8.22. The number of primary amides is 1. The summed E-state index contributed by atoms with van der Waals surface area (Å²) < 4.78 is 5.02. The molecule has 0 aliphatic heterocycles. The zero-order valence-electron chi connectivity index (χ0n) is 12.7. The van der Waals surface area contributed by atoms with E-state index in [9.17, 15) is 19.5 Å². The molecule has 2 amide bonds. The molecule has 0 spiro atoms. The van der Waals surface area contributed by atoms with E-state index in [0.717, 1.165) is 5.56 Å².